The second-order valence-corrected chi connectivity index (χ2v) is 21.9. The zero-order valence-electron chi connectivity index (χ0n) is 18.3. The van der Waals surface area contributed by atoms with Crippen molar-refractivity contribution in [1.29, 1.82) is 0 Å². The molecule has 0 N–H and O–H groups in total. The predicted octanol–water partition coefficient (Wildman–Crippen LogP) is 4.20. The lowest BCUT2D eigenvalue weighted by Crippen LogP contribution is -2.57. The van der Waals surface area contributed by atoms with Crippen LogP contribution < -0.4 is 0 Å². The van der Waals surface area contributed by atoms with Gasteiger partial charge in [0.2, 0.25) is 0 Å². The molecule has 0 bridgehead atoms. The first-order valence-electron chi connectivity index (χ1n) is 9.08. The molecule has 0 unspecified atom stereocenters. The van der Waals surface area contributed by atoms with Gasteiger partial charge in [-0.1, -0.05) is 13.2 Å². The summed E-state index contributed by atoms with van der Waals surface area (Å²) >= 11 is 0. The molecule has 0 fully saturated rings. The highest BCUT2D eigenvalue weighted by Crippen LogP contribution is 2.24. The third kappa shape index (κ3) is 14.4. The van der Waals surface area contributed by atoms with E-state index >= 15 is 0 Å². The Labute approximate surface area is 169 Å². The van der Waals surface area contributed by atoms with Gasteiger partial charge in [0, 0.05) is 0 Å². The largest absolute Gasteiger partial charge is 0.499 e. The number of hydrogen-bond donors (Lipinski definition) is 0. The molecular weight excluding hydrogens is 417 g/mol. The molecule has 0 radical (unpaired) electrons. The van der Waals surface area contributed by atoms with Crippen molar-refractivity contribution in [2.24, 2.45) is 0 Å². The standard InChI is InChI=1S/C16H38O7Si4/c1-11-17-13-15-19-24(3,4)21-26(7,8)23-27(9,10)22-25(5,6)20-16-14-18-12-2/h11-12H,1-2,13-16H2,3-10H3. The fourth-order valence-corrected chi connectivity index (χ4v) is 19.6. The van der Waals surface area contributed by atoms with Gasteiger partial charge in [0.05, 0.1) is 25.7 Å². The maximum Gasteiger partial charge on any atom is 0.323 e. The minimum atomic E-state index is -2.45. The van der Waals surface area contributed by atoms with Crippen molar-refractivity contribution in [1.82, 2.24) is 0 Å². The number of rotatable bonds is 16. The Morgan fingerprint density at radius 1 is 0.519 bits per heavy atom. The van der Waals surface area contributed by atoms with Gasteiger partial charge in [-0.2, -0.15) is 0 Å². The van der Waals surface area contributed by atoms with E-state index in [1.165, 1.54) is 12.5 Å². The molecule has 0 spiro atoms. The summed E-state index contributed by atoms with van der Waals surface area (Å²) in [6.07, 6.45) is 2.81. The van der Waals surface area contributed by atoms with E-state index in [4.69, 9.17) is 30.7 Å². The normalized spacial score (nSPS) is 13.3. The van der Waals surface area contributed by atoms with E-state index in [2.05, 4.69) is 13.2 Å². The summed E-state index contributed by atoms with van der Waals surface area (Å²) in [7, 11) is -9.56. The van der Waals surface area contributed by atoms with Gasteiger partial charge >= 0.3 is 34.2 Å². The topological polar surface area (TPSA) is 64.6 Å². The molecule has 27 heavy (non-hydrogen) atoms. The fraction of sp³-hybridized carbons (Fsp3) is 0.750. The van der Waals surface area contributed by atoms with Crippen molar-refractivity contribution in [2.75, 3.05) is 26.4 Å². The molecule has 160 valence electrons. The van der Waals surface area contributed by atoms with Gasteiger partial charge in [-0.05, 0) is 52.4 Å². The maximum atomic E-state index is 6.40. The highest BCUT2D eigenvalue weighted by Gasteiger charge is 2.44. The van der Waals surface area contributed by atoms with E-state index < -0.39 is 34.2 Å². The molecule has 0 atom stereocenters. The molecule has 0 aliphatic carbocycles. The van der Waals surface area contributed by atoms with Gasteiger partial charge in [0.25, 0.3) is 0 Å². The van der Waals surface area contributed by atoms with Gasteiger partial charge in [-0.25, -0.2) is 0 Å². The van der Waals surface area contributed by atoms with Crippen molar-refractivity contribution >= 4 is 34.2 Å². The molecule has 0 rings (SSSR count). The van der Waals surface area contributed by atoms with Crippen molar-refractivity contribution in [3.05, 3.63) is 25.7 Å². The van der Waals surface area contributed by atoms with Crippen LogP contribution in [0.4, 0.5) is 0 Å². The fourth-order valence-electron chi connectivity index (χ4n) is 2.71. The maximum absolute atomic E-state index is 6.40. The summed E-state index contributed by atoms with van der Waals surface area (Å²) in [4.78, 5) is 0. The highest BCUT2D eigenvalue weighted by atomic mass is 28.5. The van der Waals surface area contributed by atoms with Gasteiger partial charge in [0.1, 0.15) is 13.2 Å². The predicted molar refractivity (Wildman–Crippen MR) is 117 cm³/mol. The van der Waals surface area contributed by atoms with E-state index in [9.17, 15) is 0 Å². The van der Waals surface area contributed by atoms with Crippen molar-refractivity contribution in [3.63, 3.8) is 0 Å². The zero-order chi connectivity index (χ0) is 21.2. The lowest BCUT2D eigenvalue weighted by atomic mass is 10.8. The molecule has 0 aromatic carbocycles. The van der Waals surface area contributed by atoms with Crippen LogP contribution in [-0.4, -0.2) is 60.7 Å². The lowest BCUT2D eigenvalue weighted by Gasteiger charge is -2.40. The molecule has 7 nitrogen and oxygen atoms in total. The Bertz CT molecular complexity index is 416. The molecule has 11 heteroatoms. The Morgan fingerprint density at radius 3 is 1.11 bits per heavy atom. The molecule has 0 aromatic rings. The van der Waals surface area contributed by atoms with Crippen LogP contribution in [0.1, 0.15) is 0 Å². The summed E-state index contributed by atoms with van der Waals surface area (Å²) in [5.74, 6) is 0. The van der Waals surface area contributed by atoms with E-state index in [1.54, 1.807) is 0 Å². The van der Waals surface area contributed by atoms with Crippen LogP contribution in [-0.2, 0) is 30.7 Å². The van der Waals surface area contributed by atoms with E-state index in [-0.39, 0.29) is 0 Å². The summed E-state index contributed by atoms with van der Waals surface area (Å²) in [5.41, 5.74) is 0. The summed E-state index contributed by atoms with van der Waals surface area (Å²) < 4.78 is 41.0. The van der Waals surface area contributed by atoms with Gasteiger partial charge < -0.3 is 30.7 Å². The first-order chi connectivity index (χ1) is 12.2. The SMILES string of the molecule is C=COCCO[Si](C)(C)O[Si](C)(C)O[Si](C)(C)O[Si](C)(C)OCCOC=C. The first kappa shape index (κ1) is 26.7. The Morgan fingerprint density at radius 2 is 0.815 bits per heavy atom. The van der Waals surface area contributed by atoms with E-state index in [1.807, 2.05) is 52.4 Å². The molecule has 0 aliphatic rings. The summed E-state index contributed by atoms with van der Waals surface area (Å²) in [6.45, 7) is 25.0. The summed E-state index contributed by atoms with van der Waals surface area (Å²) in [5, 5.41) is 0. The van der Waals surface area contributed by atoms with Crippen LogP contribution in [0.5, 0.6) is 0 Å². The highest BCUT2D eigenvalue weighted by molar-refractivity contribution is 6.87. The third-order valence-electron chi connectivity index (χ3n) is 3.01. The van der Waals surface area contributed by atoms with Crippen molar-refractivity contribution < 1.29 is 30.7 Å². The van der Waals surface area contributed by atoms with Crippen LogP contribution in [0, 0.1) is 0 Å². The van der Waals surface area contributed by atoms with Crippen LogP contribution in [0.15, 0.2) is 25.7 Å². The molecule has 0 aliphatic heterocycles. The Kier molecular flexibility index (Phi) is 11.6. The first-order valence-corrected chi connectivity index (χ1v) is 20.3. The quantitative estimate of drug-likeness (QED) is 0.197. The van der Waals surface area contributed by atoms with Crippen LogP contribution >= 0.6 is 0 Å². The van der Waals surface area contributed by atoms with E-state index in [0.29, 0.717) is 26.4 Å². The number of hydrogen-bond acceptors (Lipinski definition) is 7. The molecule has 0 saturated carbocycles. The van der Waals surface area contributed by atoms with Crippen LogP contribution in [0.3, 0.4) is 0 Å². The van der Waals surface area contributed by atoms with E-state index in [0.717, 1.165) is 0 Å². The molecule has 0 aromatic heterocycles. The Hall–Kier alpha value is -0.252. The molecule has 0 saturated heterocycles. The van der Waals surface area contributed by atoms with Crippen molar-refractivity contribution in [3.8, 4) is 0 Å². The van der Waals surface area contributed by atoms with Crippen molar-refractivity contribution in [2.45, 2.75) is 52.4 Å². The average Bonchev–Trinajstić information content (AvgIpc) is 2.44. The molecular formula is C16H38O7Si4. The van der Waals surface area contributed by atoms with Crippen LogP contribution in [0.25, 0.3) is 0 Å². The minimum absolute atomic E-state index is 0.460. The Balaban J connectivity index is 4.64. The minimum Gasteiger partial charge on any atom is -0.499 e. The molecule has 0 heterocycles. The smallest absolute Gasteiger partial charge is 0.323 e. The zero-order valence-corrected chi connectivity index (χ0v) is 22.3. The second kappa shape index (κ2) is 11.7. The average molecular weight is 455 g/mol. The lowest BCUT2D eigenvalue weighted by molar-refractivity contribution is 0.146. The number of ether oxygens (including phenoxy) is 2. The second-order valence-electron chi connectivity index (χ2n) is 7.68. The monoisotopic (exact) mass is 454 g/mol. The molecule has 0 amide bonds. The third-order valence-corrected chi connectivity index (χ3v) is 16.6. The summed E-state index contributed by atoms with van der Waals surface area (Å²) in [6, 6.07) is 0. The van der Waals surface area contributed by atoms with Gasteiger partial charge in [0.15, 0.2) is 0 Å². The van der Waals surface area contributed by atoms with Crippen LogP contribution in [0.2, 0.25) is 52.4 Å². The van der Waals surface area contributed by atoms with Gasteiger partial charge in [-0.3, -0.25) is 0 Å². The van der Waals surface area contributed by atoms with Gasteiger partial charge in [-0.15, -0.1) is 0 Å².